The first-order valence-corrected chi connectivity index (χ1v) is 7.28. The van der Waals surface area contributed by atoms with E-state index in [-0.39, 0.29) is 5.82 Å². The quantitative estimate of drug-likeness (QED) is 0.859. The van der Waals surface area contributed by atoms with Gasteiger partial charge in [0.05, 0.1) is 9.99 Å². The number of halogens is 2. The summed E-state index contributed by atoms with van der Waals surface area (Å²) >= 11 is 3.33. The summed E-state index contributed by atoms with van der Waals surface area (Å²) in [6.07, 6.45) is 0. The number of anilines is 1. The third kappa shape index (κ3) is 2.59. The lowest BCUT2D eigenvalue weighted by Gasteiger charge is -2.16. The van der Waals surface area contributed by atoms with Crippen LogP contribution in [-0.4, -0.2) is 11.5 Å². The predicted octanol–water partition coefficient (Wildman–Crippen LogP) is 5.00. The molecule has 0 unspecified atom stereocenters. The zero-order chi connectivity index (χ0) is 14.2. The van der Waals surface area contributed by atoms with Crippen LogP contribution in [0.2, 0.25) is 0 Å². The van der Waals surface area contributed by atoms with Crippen molar-refractivity contribution in [3.63, 3.8) is 0 Å². The van der Waals surface area contributed by atoms with Crippen molar-refractivity contribution in [2.24, 2.45) is 0 Å². The summed E-state index contributed by atoms with van der Waals surface area (Å²) in [5, 5.41) is 4.13. The number of aryl methyl sites for hydroxylation is 1. The van der Waals surface area contributed by atoms with Gasteiger partial charge in [0, 0.05) is 11.9 Å². The van der Waals surface area contributed by atoms with Crippen LogP contribution in [0.25, 0.3) is 10.9 Å². The number of aromatic nitrogens is 1. The average Bonchev–Trinajstić information content (AvgIpc) is 2.35. The van der Waals surface area contributed by atoms with Crippen molar-refractivity contribution >= 4 is 32.7 Å². The molecule has 2 aromatic rings. The van der Waals surface area contributed by atoms with Gasteiger partial charge in [-0.15, -0.1) is 0 Å². The monoisotopic (exact) mass is 324 g/mol. The number of pyridine rings is 1. The fourth-order valence-electron chi connectivity index (χ4n) is 2.20. The summed E-state index contributed by atoms with van der Waals surface area (Å²) in [7, 11) is 0. The minimum atomic E-state index is -0.238. The van der Waals surface area contributed by atoms with Gasteiger partial charge in [-0.25, -0.2) is 9.37 Å². The molecule has 0 saturated heterocycles. The Morgan fingerprint density at radius 1 is 1.37 bits per heavy atom. The van der Waals surface area contributed by atoms with Gasteiger partial charge in [0.1, 0.15) is 11.6 Å². The summed E-state index contributed by atoms with van der Waals surface area (Å²) < 4.78 is 14.3. The van der Waals surface area contributed by atoms with Gasteiger partial charge in [-0.2, -0.15) is 0 Å². The summed E-state index contributed by atoms with van der Waals surface area (Å²) in [4.78, 5) is 4.68. The molecule has 1 aromatic heterocycles. The van der Waals surface area contributed by atoms with Crippen LogP contribution >= 0.6 is 15.9 Å². The summed E-state index contributed by atoms with van der Waals surface area (Å²) in [5.41, 5.74) is 2.80. The van der Waals surface area contributed by atoms with Gasteiger partial charge in [-0.1, -0.05) is 13.8 Å². The Morgan fingerprint density at radius 3 is 2.63 bits per heavy atom. The second kappa shape index (κ2) is 5.45. The Hall–Kier alpha value is -1.16. The van der Waals surface area contributed by atoms with Crippen LogP contribution in [0.4, 0.5) is 10.2 Å². The molecule has 0 aliphatic heterocycles. The first kappa shape index (κ1) is 14.3. The molecule has 0 atom stereocenters. The van der Waals surface area contributed by atoms with Crippen LogP contribution in [0, 0.1) is 12.7 Å². The van der Waals surface area contributed by atoms with Crippen molar-refractivity contribution in [1.82, 2.24) is 4.98 Å². The van der Waals surface area contributed by atoms with Crippen LogP contribution in [0.5, 0.6) is 0 Å². The molecule has 2 nitrogen and oxygen atoms in total. The summed E-state index contributed by atoms with van der Waals surface area (Å²) in [6.45, 7) is 8.98. The lowest BCUT2D eigenvalue weighted by Crippen LogP contribution is -2.06. The average molecular weight is 325 g/mol. The molecule has 1 aromatic carbocycles. The van der Waals surface area contributed by atoms with Gasteiger partial charge in [0.2, 0.25) is 0 Å². The van der Waals surface area contributed by atoms with E-state index in [1.54, 1.807) is 0 Å². The van der Waals surface area contributed by atoms with Crippen LogP contribution in [0.1, 0.15) is 37.8 Å². The van der Waals surface area contributed by atoms with E-state index < -0.39 is 0 Å². The molecule has 0 aliphatic rings. The molecule has 2 rings (SSSR count). The highest BCUT2D eigenvalue weighted by molar-refractivity contribution is 9.10. The largest absolute Gasteiger partial charge is 0.370 e. The van der Waals surface area contributed by atoms with Crippen molar-refractivity contribution in [3.05, 3.63) is 33.5 Å². The van der Waals surface area contributed by atoms with Gasteiger partial charge >= 0.3 is 0 Å². The maximum atomic E-state index is 13.8. The van der Waals surface area contributed by atoms with E-state index in [4.69, 9.17) is 0 Å². The molecule has 1 N–H and O–H groups in total. The molecule has 0 bridgehead atoms. The van der Waals surface area contributed by atoms with E-state index in [0.29, 0.717) is 10.4 Å². The van der Waals surface area contributed by atoms with Crippen LogP contribution in [0.15, 0.2) is 16.6 Å². The summed E-state index contributed by atoms with van der Waals surface area (Å²) in [5.74, 6) is 0.991. The molecule has 0 fully saturated rings. The van der Waals surface area contributed by atoms with Crippen molar-refractivity contribution in [2.75, 3.05) is 11.9 Å². The highest BCUT2D eigenvalue weighted by Crippen LogP contribution is 2.33. The highest BCUT2D eigenvalue weighted by Gasteiger charge is 2.15. The normalized spacial score (nSPS) is 11.3. The second-order valence-corrected chi connectivity index (χ2v) is 5.79. The predicted molar refractivity (Wildman–Crippen MR) is 82.4 cm³/mol. The van der Waals surface area contributed by atoms with E-state index in [9.17, 15) is 4.39 Å². The molecule has 0 amide bonds. The van der Waals surface area contributed by atoms with Gasteiger partial charge in [-0.3, -0.25) is 0 Å². The molecular weight excluding hydrogens is 307 g/mol. The van der Waals surface area contributed by atoms with Gasteiger partial charge in [0.25, 0.3) is 0 Å². The topological polar surface area (TPSA) is 24.9 Å². The first-order valence-electron chi connectivity index (χ1n) is 6.48. The molecule has 102 valence electrons. The van der Waals surface area contributed by atoms with Crippen molar-refractivity contribution in [1.29, 1.82) is 0 Å². The maximum absolute atomic E-state index is 13.8. The number of nitrogens with one attached hydrogen (secondary N) is 1. The highest BCUT2D eigenvalue weighted by atomic mass is 79.9. The van der Waals surface area contributed by atoms with E-state index >= 15 is 0 Å². The van der Waals surface area contributed by atoms with Crippen molar-refractivity contribution in [3.8, 4) is 0 Å². The molecule has 0 aliphatic carbocycles. The minimum absolute atomic E-state index is 0.238. The number of benzene rings is 1. The number of rotatable bonds is 3. The van der Waals surface area contributed by atoms with Crippen LogP contribution < -0.4 is 5.32 Å². The SMILES string of the molecule is CCNc1nc2c(C)cc(F)c(Br)c2cc1C(C)C. The van der Waals surface area contributed by atoms with Gasteiger partial charge < -0.3 is 5.32 Å². The van der Waals surface area contributed by atoms with E-state index in [2.05, 4.69) is 40.1 Å². The summed E-state index contributed by atoms with van der Waals surface area (Å²) in [6, 6.07) is 3.55. The fourth-order valence-corrected chi connectivity index (χ4v) is 2.61. The molecule has 0 spiro atoms. The van der Waals surface area contributed by atoms with Crippen LogP contribution in [0.3, 0.4) is 0 Å². The smallest absolute Gasteiger partial charge is 0.138 e. The van der Waals surface area contributed by atoms with Gasteiger partial charge in [0.15, 0.2) is 0 Å². The zero-order valence-electron chi connectivity index (χ0n) is 11.6. The Kier molecular flexibility index (Phi) is 4.09. The Morgan fingerprint density at radius 2 is 2.05 bits per heavy atom. The number of hydrogen-bond acceptors (Lipinski definition) is 2. The number of nitrogens with zero attached hydrogens (tertiary/aromatic N) is 1. The molecule has 19 heavy (non-hydrogen) atoms. The molecular formula is C15H18BrFN2. The Labute approximate surface area is 121 Å². The Balaban J connectivity index is 2.81. The minimum Gasteiger partial charge on any atom is -0.370 e. The third-order valence-electron chi connectivity index (χ3n) is 3.18. The first-order chi connectivity index (χ1) is 8.95. The lowest BCUT2D eigenvalue weighted by atomic mass is 10.0. The molecule has 4 heteroatoms. The van der Waals surface area contributed by atoms with Gasteiger partial charge in [-0.05, 0) is 59.0 Å². The van der Waals surface area contributed by atoms with E-state index in [1.807, 2.05) is 19.9 Å². The van der Waals surface area contributed by atoms with Crippen molar-refractivity contribution in [2.45, 2.75) is 33.6 Å². The van der Waals surface area contributed by atoms with Crippen LogP contribution in [-0.2, 0) is 0 Å². The maximum Gasteiger partial charge on any atom is 0.138 e. The lowest BCUT2D eigenvalue weighted by molar-refractivity contribution is 0.622. The Bertz CT molecular complexity index is 623. The molecule has 0 saturated carbocycles. The second-order valence-electron chi connectivity index (χ2n) is 5.00. The van der Waals surface area contributed by atoms with Crippen molar-refractivity contribution < 1.29 is 4.39 Å². The zero-order valence-corrected chi connectivity index (χ0v) is 13.2. The molecule has 1 heterocycles. The number of hydrogen-bond donors (Lipinski definition) is 1. The van der Waals surface area contributed by atoms with E-state index in [0.717, 1.165) is 34.4 Å². The molecule has 0 radical (unpaired) electrons. The van der Waals surface area contributed by atoms with E-state index in [1.165, 1.54) is 6.07 Å². The fraction of sp³-hybridized carbons (Fsp3) is 0.400. The third-order valence-corrected chi connectivity index (χ3v) is 3.99. The number of fused-ring (bicyclic) bond motifs is 1. The standard InChI is InChI=1S/C15H18BrFN2/c1-5-18-15-10(8(2)3)7-11-13(16)12(17)6-9(4)14(11)19-15/h6-8H,5H2,1-4H3,(H,18,19).